The zero-order valence-corrected chi connectivity index (χ0v) is 16.3. The van der Waals surface area contributed by atoms with Crippen LogP contribution in [0.3, 0.4) is 0 Å². The summed E-state index contributed by atoms with van der Waals surface area (Å²) in [6, 6.07) is 16.8. The van der Waals surface area contributed by atoms with Gasteiger partial charge in [-0.05, 0) is 41.0 Å². The quantitative estimate of drug-likeness (QED) is 0.690. The number of aliphatic hydroxyl groups excluding tert-OH is 1. The van der Waals surface area contributed by atoms with E-state index in [2.05, 4.69) is 25.7 Å². The maximum Gasteiger partial charge on any atom is 0.246 e. The van der Waals surface area contributed by atoms with Gasteiger partial charge >= 0.3 is 0 Å². The highest BCUT2D eigenvalue weighted by Gasteiger charge is 2.30. The van der Waals surface area contributed by atoms with Gasteiger partial charge in [0.05, 0.1) is 6.10 Å². The molecule has 1 amide bonds. The normalized spacial score (nSPS) is 16.5. The van der Waals surface area contributed by atoms with Crippen LogP contribution in [-0.2, 0) is 11.8 Å². The molecule has 1 fully saturated rings. The number of aliphatic hydroxyl groups is 1. The van der Waals surface area contributed by atoms with Crippen molar-refractivity contribution in [3.8, 4) is 11.4 Å². The Balaban J connectivity index is 1.58. The second-order valence-electron chi connectivity index (χ2n) is 7.28. The summed E-state index contributed by atoms with van der Waals surface area (Å²) in [4.78, 5) is 15.4. The molecule has 0 radical (unpaired) electrons. The molecule has 1 aromatic heterocycles. The minimum atomic E-state index is -0.413. The zero-order chi connectivity index (χ0) is 20.2. The Labute approximate surface area is 169 Å². The number of carbonyl (C=O) groups excluding carboxylic acids is 1. The van der Waals surface area contributed by atoms with Crippen LogP contribution in [0.15, 0.2) is 54.6 Å². The number of tetrazole rings is 1. The van der Waals surface area contributed by atoms with E-state index in [0.717, 1.165) is 11.1 Å². The van der Waals surface area contributed by atoms with Crippen molar-refractivity contribution in [2.75, 3.05) is 18.4 Å². The van der Waals surface area contributed by atoms with Crippen LogP contribution in [0.2, 0.25) is 0 Å². The van der Waals surface area contributed by atoms with E-state index in [1.807, 2.05) is 54.6 Å². The molecule has 2 N–H and O–H groups in total. The number of piperidine rings is 1. The molecule has 8 nitrogen and oxygen atoms in total. The molecule has 0 saturated carbocycles. The first-order valence-electron chi connectivity index (χ1n) is 9.72. The van der Waals surface area contributed by atoms with Crippen LogP contribution in [0.1, 0.15) is 24.4 Å². The van der Waals surface area contributed by atoms with Gasteiger partial charge in [0.15, 0.2) is 5.82 Å². The molecule has 1 aliphatic rings. The first-order valence-corrected chi connectivity index (χ1v) is 9.72. The molecule has 2 heterocycles. The van der Waals surface area contributed by atoms with E-state index < -0.39 is 6.04 Å². The highest BCUT2D eigenvalue weighted by Crippen LogP contribution is 2.27. The first kappa shape index (κ1) is 19.2. The minimum absolute atomic E-state index is 0.0965. The van der Waals surface area contributed by atoms with E-state index in [1.165, 1.54) is 0 Å². The molecule has 0 aliphatic carbocycles. The SMILES string of the molecule is Cn1nnnc1-c1cccc(NC(=O)C(c2ccccc2)N2CCC(O)CC2)c1. The zero-order valence-electron chi connectivity index (χ0n) is 16.3. The number of carbonyl (C=O) groups is 1. The van der Waals surface area contributed by atoms with Crippen LogP contribution in [0, 0.1) is 0 Å². The smallest absolute Gasteiger partial charge is 0.246 e. The molecule has 1 saturated heterocycles. The lowest BCUT2D eigenvalue weighted by molar-refractivity contribution is -0.122. The number of hydrogen-bond donors (Lipinski definition) is 2. The number of likely N-dealkylation sites (tertiary alicyclic amines) is 1. The summed E-state index contributed by atoms with van der Waals surface area (Å²) in [6.45, 7) is 1.36. The fraction of sp³-hybridized carbons (Fsp3) is 0.333. The van der Waals surface area contributed by atoms with E-state index in [-0.39, 0.29) is 12.0 Å². The topological polar surface area (TPSA) is 96.2 Å². The Morgan fingerprint density at radius 3 is 2.59 bits per heavy atom. The van der Waals surface area contributed by atoms with Gasteiger partial charge in [-0.15, -0.1) is 5.10 Å². The number of benzene rings is 2. The van der Waals surface area contributed by atoms with Gasteiger partial charge in [0.2, 0.25) is 5.91 Å². The average molecular weight is 392 g/mol. The van der Waals surface area contributed by atoms with Crippen LogP contribution < -0.4 is 5.32 Å². The number of amides is 1. The number of nitrogens with zero attached hydrogens (tertiary/aromatic N) is 5. The summed E-state index contributed by atoms with van der Waals surface area (Å²) in [5.41, 5.74) is 2.45. The van der Waals surface area contributed by atoms with Gasteiger partial charge in [0.1, 0.15) is 6.04 Å². The monoisotopic (exact) mass is 392 g/mol. The molecule has 29 heavy (non-hydrogen) atoms. The van der Waals surface area contributed by atoms with Gasteiger partial charge in [-0.2, -0.15) is 0 Å². The molecule has 4 rings (SSSR count). The number of anilines is 1. The molecule has 1 unspecified atom stereocenters. The fourth-order valence-corrected chi connectivity index (χ4v) is 3.73. The third-order valence-corrected chi connectivity index (χ3v) is 5.24. The highest BCUT2D eigenvalue weighted by atomic mass is 16.3. The van der Waals surface area contributed by atoms with Crippen LogP contribution >= 0.6 is 0 Å². The maximum absolute atomic E-state index is 13.3. The molecule has 150 valence electrons. The van der Waals surface area contributed by atoms with E-state index in [4.69, 9.17) is 0 Å². The fourth-order valence-electron chi connectivity index (χ4n) is 3.73. The Morgan fingerprint density at radius 1 is 1.14 bits per heavy atom. The summed E-state index contributed by atoms with van der Waals surface area (Å²) in [7, 11) is 1.77. The van der Waals surface area contributed by atoms with E-state index >= 15 is 0 Å². The summed E-state index contributed by atoms with van der Waals surface area (Å²) >= 11 is 0. The number of nitrogens with one attached hydrogen (secondary N) is 1. The van der Waals surface area contributed by atoms with E-state index in [1.54, 1.807) is 11.7 Å². The number of rotatable bonds is 5. The minimum Gasteiger partial charge on any atom is -0.393 e. The third-order valence-electron chi connectivity index (χ3n) is 5.24. The molecule has 3 aromatic rings. The van der Waals surface area contributed by atoms with Crippen LogP contribution in [0.25, 0.3) is 11.4 Å². The highest BCUT2D eigenvalue weighted by molar-refractivity contribution is 5.96. The van der Waals surface area contributed by atoms with Gasteiger partial charge in [-0.3, -0.25) is 9.69 Å². The molecule has 1 atom stereocenters. The average Bonchev–Trinajstić information content (AvgIpc) is 3.17. The van der Waals surface area contributed by atoms with Crippen molar-refractivity contribution in [1.82, 2.24) is 25.1 Å². The first-order chi connectivity index (χ1) is 14.1. The van der Waals surface area contributed by atoms with Crippen LogP contribution in [-0.4, -0.2) is 55.3 Å². The van der Waals surface area contributed by atoms with Crippen molar-refractivity contribution in [3.05, 3.63) is 60.2 Å². The predicted molar refractivity (Wildman–Crippen MR) is 109 cm³/mol. The molecule has 2 aromatic carbocycles. The lowest BCUT2D eigenvalue weighted by atomic mass is 9.99. The van der Waals surface area contributed by atoms with Crippen molar-refractivity contribution >= 4 is 11.6 Å². The number of aryl methyl sites for hydroxylation is 1. The lowest BCUT2D eigenvalue weighted by Crippen LogP contribution is -2.43. The van der Waals surface area contributed by atoms with Gasteiger partial charge in [-0.25, -0.2) is 4.68 Å². The lowest BCUT2D eigenvalue weighted by Gasteiger charge is -2.35. The molecular formula is C21H24N6O2. The molecule has 8 heteroatoms. The molecule has 0 spiro atoms. The predicted octanol–water partition coefficient (Wildman–Crippen LogP) is 2.01. The number of hydrogen-bond acceptors (Lipinski definition) is 6. The van der Waals surface area contributed by atoms with Crippen LogP contribution in [0.5, 0.6) is 0 Å². The van der Waals surface area contributed by atoms with Crippen molar-refractivity contribution in [1.29, 1.82) is 0 Å². The second kappa shape index (κ2) is 8.50. The second-order valence-corrected chi connectivity index (χ2v) is 7.28. The van der Waals surface area contributed by atoms with E-state index in [9.17, 15) is 9.90 Å². The van der Waals surface area contributed by atoms with Crippen molar-refractivity contribution < 1.29 is 9.90 Å². The molecule has 0 bridgehead atoms. The Bertz CT molecular complexity index is 966. The Kier molecular flexibility index (Phi) is 5.64. The van der Waals surface area contributed by atoms with Gasteiger partial charge < -0.3 is 10.4 Å². The summed E-state index contributed by atoms with van der Waals surface area (Å²) in [5.74, 6) is 0.534. The third kappa shape index (κ3) is 4.33. The number of aromatic nitrogens is 4. The van der Waals surface area contributed by atoms with Gasteiger partial charge in [0.25, 0.3) is 0 Å². The summed E-state index contributed by atoms with van der Waals surface area (Å²) in [6.07, 6.45) is 1.05. The molecule has 1 aliphatic heterocycles. The largest absolute Gasteiger partial charge is 0.393 e. The Morgan fingerprint density at radius 2 is 1.90 bits per heavy atom. The van der Waals surface area contributed by atoms with Crippen molar-refractivity contribution in [3.63, 3.8) is 0 Å². The van der Waals surface area contributed by atoms with Crippen molar-refractivity contribution in [2.24, 2.45) is 7.05 Å². The summed E-state index contributed by atoms with van der Waals surface area (Å²) in [5, 5.41) is 24.5. The molecular weight excluding hydrogens is 368 g/mol. The van der Waals surface area contributed by atoms with E-state index in [0.29, 0.717) is 37.4 Å². The van der Waals surface area contributed by atoms with Crippen LogP contribution in [0.4, 0.5) is 5.69 Å². The maximum atomic E-state index is 13.3. The summed E-state index contributed by atoms with van der Waals surface area (Å²) < 4.78 is 1.59. The van der Waals surface area contributed by atoms with Gasteiger partial charge in [0, 0.05) is 31.4 Å². The standard InChI is InChI=1S/C21H24N6O2/c1-26-20(23-24-25-26)16-8-5-9-17(14-16)22-21(29)19(15-6-3-2-4-7-15)27-12-10-18(28)11-13-27/h2-9,14,18-19,28H,10-13H2,1H3,(H,22,29). The van der Waals surface area contributed by atoms with Gasteiger partial charge in [-0.1, -0.05) is 42.5 Å². The van der Waals surface area contributed by atoms with Crippen molar-refractivity contribution in [2.45, 2.75) is 25.0 Å². The Hall–Kier alpha value is -3.10.